The standard InChI is InChI=1S/C18H22O4S/c1-4-21-17(19)15-14(13-9-7-6-8-10-13)11-12(3)23-16(15)18(20)22-5-2/h6-11,14-16H,4-5H2,1-3H3. The number of ether oxygens (including phenoxy) is 2. The van der Waals surface area contributed by atoms with Gasteiger partial charge in [-0.1, -0.05) is 36.4 Å². The van der Waals surface area contributed by atoms with Crippen molar-refractivity contribution in [1.29, 1.82) is 0 Å². The summed E-state index contributed by atoms with van der Waals surface area (Å²) in [6.07, 6.45) is 2.04. The minimum atomic E-state index is -0.579. The second kappa shape index (κ2) is 8.20. The molecule has 0 N–H and O–H groups in total. The van der Waals surface area contributed by atoms with E-state index in [-0.39, 0.29) is 17.9 Å². The van der Waals surface area contributed by atoms with E-state index < -0.39 is 11.2 Å². The molecule has 124 valence electrons. The number of hydrogen-bond donors (Lipinski definition) is 0. The van der Waals surface area contributed by atoms with Crippen LogP contribution in [0.3, 0.4) is 0 Å². The van der Waals surface area contributed by atoms with Gasteiger partial charge < -0.3 is 9.47 Å². The van der Waals surface area contributed by atoms with Crippen LogP contribution in [0.25, 0.3) is 0 Å². The van der Waals surface area contributed by atoms with Gasteiger partial charge in [-0.15, -0.1) is 11.8 Å². The summed E-state index contributed by atoms with van der Waals surface area (Å²) >= 11 is 1.38. The second-order valence-electron chi connectivity index (χ2n) is 5.28. The molecule has 0 saturated carbocycles. The Morgan fingerprint density at radius 1 is 1.04 bits per heavy atom. The lowest BCUT2D eigenvalue weighted by Crippen LogP contribution is -2.40. The molecule has 0 aromatic heterocycles. The van der Waals surface area contributed by atoms with E-state index in [0.717, 1.165) is 10.5 Å². The van der Waals surface area contributed by atoms with Gasteiger partial charge in [-0.2, -0.15) is 0 Å². The van der Waals surface area contributed by atoms with Crippen LogP contribution in [0.1, 0.15) is 32.3 Å². The van der Waals surface area contributed by atoms with Crippen LogP contribution in [0.4, 0.5) is 0 Å². The van der Waals surface area contributed by atoms with Gasteiger partial charge in [-0.05, 0) is 31.2 Å². The largest absolute Gasteiger partial charge is 0.466 e. The van der Waals surface area contributed by atoms with E-state index in [2.05, 4.69) is 0 Å². The third-order valence-electron chi connectivity index (χ3n) is 3.70. The normalized spacial score (nSPS) is 23.8. The van der Waals surface area contributed by atoms with Crippen molar-refractivity contribution in [2.45, 2.75) is 31.9 Å². The van der Waals surface area contributed by atoms with Gasteiger partial charge in [0.2, 0.25) is 0 Å². The number of benzene rings is 1. The molecule has 0 saturated heterocycles. The maximum absolute atomic E-state index is 12.5. The first-order chi connectivity index (χ1) is 11.1. The summed E-state index contributed by atoms with van der Waals surface area (Å²) in [6, 6.07) is 9.74. The third-order valence-corrected chi connectivity index (χ3v) is 4.95. The Kier molecular flexibility index (Phi) is 6.28. The predicted molar refractivity (Wildman–Crippen MR) is 91.1 cm³/mol. The Bertz CT molecular complexity index is 582. The van der Waals surface area contributed by atoms with Crippen LogP contribution in [-0.4, -0.2) is 30.4 Å². The molecule has 4 nitrogen and oxygen atoms in total. The maximum atomic E-state index is 12.5. The number of thioether (sulfide) groups is 1. The molecule has 3 unspecified atom stereocenters. The Balaban J connectivity index is 2.42. The molecule has 2 rings (SSSR count). The number of carbonyl (C=O) groups is 2. The zero-order valence-electron chi connectivity index (χ0n) is 13.7. The molecule has 1 heterocycles. The van der Waals surface area contributed by atoms with Crippen LogP contribution >= 0.6 is 11.8 Å². The summed E-state index contributed by atoms with van der Waals surface area (Å²) in [5.41, 5.74) is 1.000. The van der Waals surface area contributed by atoms with Gasteiger partial charge in [-0.3, -0.25) is 9.59 Å². The van der Waals surface area contributed by atoms with Crippen molar-refractivity contribution in [2.75, 3.05) is 13.2 Å². The van der Waals surface area contributed by atoms with E-state index in [1.807, 2.05) is 43.3 Å². The second-order valence-corrected chi connectivity index (χ2v) is 6.67. The van der Waals surface area contributed by atoms with Crippen LogP contribution in [0, 0.1) is 5.92 Å². The van der Waals surface area contributed by atoms with E-state index in [0.29, 0.717) is 13.2 Å². The highest BCUT2D eigenvalue weighted by Gasteiger charge is 2.44. The van der Waals surface area contributed by atoms with Crippen molar-refractivity contribution in [2.24, 2.45) is 5.92 Å². The molecule has 1 aliphatic heterocycles. The molecule has 0 fully saturated rings. The van der Waals surface area contributed by atoms with Gasteiger partial charge >= 0.3 is 11.9 Å². The van der Waals surface area contributed by atoms with E-state index in [9.17, 15) is 9.59 Å². The minimum absolute atomic E-state index is 0.189. The summed E-state index contributed by atoms with van der Waals surface area (Å²) in [7, 11) is 0. The van der Waals surface area contributed by atoms with Crippen molar-refractivity contribution in [3.8, 4) is 0 Å². The number of allylic oxidation sites excluding steroid dienone is 2. The number of hydrogen-bond acceptors (Lipinski definition) is 5. The number of rotatable bonds is 5. The Labute approximate surface area is 141 Å². The average Bonchev–Trinajstić information content (AvgIpc) is 2.55. The van der Waals surface area contributed by atoms with Gasteiger partial charge in [0.1, 0.15) is 5.25 Å². The number of carbonyl (C=O) groups excluding carboxylic acids is 2. The molecule has 1 aromatic rings. The summed E-state index contributed by atoms with van der Waals surface area (Å²) in [4.78, 5) is 25.9. The van der Waals surface area contributed by atoms with Crippen molar-refractivity contribution in [3.63, 3.8) is 0 Å². The smallest absolute Gasteiger partial charge is 0.320 e. The molecule has 1 aromatic carbocycles. The molecule has 3 atom stereocenters. The lowest BCUT2D eigenvalue weighted by atomic mass is 9.82. The maximum Gasteiger partial charge on any atom is 0.320 e. The molecule has 0 spiro atoms. The molecular formula is C18H22O4S. The molecule has 23 heavy (non-hydrogen) atoms. The fourth-order valence-corrected chi connectivity index (χ4v) is 3.98. The fourth-order valence-electron chi connectivity index (χ4n) is 2.76. The average molecular weight is 334 g/mol. The van der Waals surface area contributed by atoms with E-state index in [1.165, 1.54) is 11.8 Å². The zero-order valence-corrected chi connectivity index (χ0v) is 14.5. The quantitative estimate of drug-likeness (QED) is 0.771. The monoisotopic (exact) mass is 334 g/mol. The van der Waals surface area contributed by atoms with Crippen LogP contribution in [0.5, 0.6) is 0 Å². The summed E-state index contributed by atoms with van der Waals surface area (Å²) in [5.74, 6) is -1.48. The summed E-state index contributed by atoms with van der Waals surface area (Å²) < 4.78 is 10.4. The third kappa shape index (κ3) is 4.16. The van der Waals surface area contributed by atoms with Gasteiger partial charge in [0.05, 0.1) is 19.1 Å². The van der Waals surface area contributed by atoms with E-state index >= 15 is 0 Å². The summed E-state index contributed by atoms with van der Waals surface area (Å²) in [5, 5.41) is -0.579. The highest BCUT2D eigenvalue weighted by molar-refractivity contribution is 8.04. The highest BCUT2D eigenvalue weighted by atomic mass is 32.2. The topological polar surface area (TPSA) is 52.6 Å². The minimum Gasteiger partial charge on any atom is -0.466 e. The molecule has 0 bridgehead atoms. The SMILES string of the molecule is CCOC(=O)C1SC(C)=CC(c2ccccc2)C1C(=O)OCC. The first-order valence-electron chi connectivity index (χ1n) is 7.81. The van der Waals surface area contributed by atoms with Crippen molar-refractivity contribution in [3.05, 3.63) is 46.9 Å². The molecule has 1 aliphatic rings. The lowest BCUT2D eigenvalue weighted by Gasteiger charge is -2.33. The van der Waals surface area contributed by atoms with Gasteiger partial charge in [-0.25, -0.2) is 0 Å². The Morgan fingerprint density at radius 3 is 2.26 bits per heavy atom. The number of esters is 2. The molecule has 0 radical (unpaired) electrons. The van der Waals surface area contributed by atoms with Crippen LogP contribution in [0.2, 0.25) is 0 Å². The van der Waals surface area contributed by atoms with Crippen molar-refractivity contribution in [1.82, 2.24) is 0 Å². The zero-order chi connectivity index (χ0) is 16.8. The molecule has 5 heteroatoms. The van der Waals surface area contributed by atoms with Crippen LogP contribution < -0.4 is 0 Å². The van der Waals surface area contributed by atoms with E-state index in [4.69, 9.17) is 9.47 Å². The fraction of sp³-hybridized carbons (Fsp3) is 0.444. The highest BCUT2D eigenvalue weighted by Crippen LogP contribution is 2.44. The lowest BCUT2D eigenvalue weighted by molar-refractivity contribution is -0.154. The first kappa shape index (κ1) is 17.6. The first-order valence-corrected chi connectivity index (χ1v) is 8.69. The van der Waals surface area contributed by atoms with Crippen molar-refractivity contribution >= 4 is 23.7 Å². The summed E-state index contributed by atoms with van der Waals surface area (Å²) in [6.45, 7) is 6.08. The van der Waals surface area contributed by atoms with Gasteiger partial charge in [0.25, 0.3) is 0 Å². The van der Waals surface area contributed by atoms with Gasteiger partial charge in [0.15, 0.2) is 0 Å². The molecule has 0 amide bonds. The van der Waals surface area contributed by atoms with Gasteiger partial charge in [0, 0.05) is 5.92 Å². The van der Waals surface area contributed by atoms with Crippen LogP contribution in [-0.2, 0) is 19.1 Å². The van der Waals surface area contributed by atoms with E-state index in [1.54, 1.807) is 13.8 Å². The molecular weight excluding hydrogens is 312 g/mol. The van der Waals surface area contributed by atoms with Crippen molar-refractivity contribution < 1.29 is 19.1 Å². The predicted octanol–water partition coefficient (Wildman–Crippen LogP) is 3.53. The Hall–Kier alpha value is -1.75. The van der Waals surface area contributed by atoms with Crippen LogP contribution in [0.15, 0.2) is 41.3 Å². The Morgan fingerprint density at radius 2 is 1.65 bits per heavy atom. The molecule has 0 aliphatic carbocycles.